The minimum atomic E-state index is -4.67. The molecule has 0 aliphatic rings. The molecule has 0 saturated heterocycles. The Morgan fingerprint density at radius 3 is 1.33 bits per heavy atom. The van der Waals surface area contributed by atoms with Crippen LogP contribution in [0.3, 0.4) is 0 Å². The predicted molar refractivity (Wildman–Crippen MR) is 18.6 cm³/mol. The summed E-state index contributed by atoms with van der Waals surface area (Å²) < 4.78 is 31.6. The molecule has 0 aromatic carbocycles. The van der Waals surface area contributed by atoms with Crippen LogP contribution >= 0.6 is 0 Å². The van der Waals surface area contributed by atoms with Crippen LogP contribution in [-0.4, -0.2) is 17.5 Å². The fraction of sp³-hybridized carbons (Fsp3) is 0. The molecule has 40 valence electrons. The van der Waals surface area contributed by atoms with Gasteiger partial charge in [0.05, 0.1) is 0 Å². The average Bonchev–Trinajstić information content (AvgIpc) is 0.722. The Kier molecular flexibility index (Phi) is 4.70. The molecule has 4 nitrogen and oxygen atoms in total. The van der Waals surface area contributed by atoms with Crippen LogP contribution in [0.1, 0.15) is 5.71 Å². The quantitative estimate of drug-likeness (QED) is 0.522. The first-order chi connectivity index (χ1) is 2.00. The zero-order chi connectivity index (χ0) is 4.50. The summed E-state index contributed by atoms with van der Waals surface area (Å²) in [5.41, 5.74) is 0. The summed E-state index contributed by atoms with van der Waals surface area (Å²) in [6, 6.07) is 0. The maximum absolute atomic E-state index is 8.74. The zero-order valence-corrected chi connectivity index (χ0v) is 5.89. The molecular weight excluding hydrogens is 187 g/mol. The maximum atomic E-state index is 8.74. The monoisotopic (exact) mass is 192 g/mol. The molecule has 0 amide bonds. The molecule has 0 aromatic heterocycles. The summed E-state index contributed by atoms with van der Waals surface area (Å²) in [7, 11) is -4.67. The Balaban J connectivity index is -0.00000000800. The molecule has 0 saturated carbocycles. The largest absolute Gasteiger partial charge is 4.00 e. The van der Waals surface area contributed by atoms with Crippen molar-refractivity contribution in [2.45, 2.75) is 0 Å². The van der Waals surface area contributed by atoms with E-state index in [9.17, 15) is 0 Å². The minimum Gasteiger partial charge on any atom is -1.00 e. The van der Waals surface area contributed by atoms with Crippen molar-refractivity contribution in [3.63, 3.8) is 0 Å². The average molecular weight is 193 g/mol. The normalized spacial score (nSPS) is 9.67. The molecule has 0 spiro atoms. The molecule has 0 bridgehead atoms. The van der Waals surface area contributed by atoms with Crippen molar-refractivity contribution in [1.82, 2.24) is 0 Å². The van der Waals surface area contributed by atoms with Crippen molar-refractivity contribution >= 4 is 10.4 Å². The fourth-order valence-electron chi connectivity index (χ4n) is 0. The van der Waals surface area contributed by atoms with E-state index in [1.165, 1.54) is 0 Å². The molecule has 0 fully saturated rings. The van der Waals surface area contributed by atoms with E-state index in [2.05, 4.69) is 0 Å². The Labute approximate surface area is 60.2 Å². The van der Waals surface area contributed by atoms with Gasteiger partial charge >= 0.3 is 36.6 Å². The minimum absolute atomic E-state index is 0. The van der Waals surface area contributed by atoms with Gasteiger partial charge in [-0.2, -0.15) is 8.42 Å². The van der Waals surface area contributed by atoms with Crippen molar-refractivity contribution < 1.29 is 49.4 Å². The van der Waals surface area contributed by atoms with Crippen molar-refractivity contribution in [3.05, 3.63) is 0 Å². The van der Waals surface area contributed by atoms with Crippen molar-refractivity contribution in [2.75, 3.05) is 0 Å². The van der Waals surface area contributed by atoms with Gasteiger partial charge in [-0.15, -0.1) is 0 Å². The second-order valence-electron chi connectivity index (χ2n) is 0.448. The van der Waals surface area contributed by atoms with Gasteiger partial charge in [0.2, 0.25) is 0 Å². The van der Waals surface area contributed by atoms with Crippen LogP contribution in [0.25, 0.3) is 0 Å². The van der Waals surface area contributed by atoms with E-state index in [0.29, 0.717) is 0 Å². The number of hydrogen-bond acceptors (Lipinski definition) is 2. The summed E-state index contributed by atoms with van der Waals surface area (Å²) in [5.74, 6) is 0. The summed E-state index contributed by atoms with van der Waals surface area (Å²) in [5, 5.41) is 0. The molecule has 0 unspecified atom stereocenters. The predicted octanol–water partition coefficient (Wildman–Crippen LogP) is -0.205. The van der Waals surface area contributed by atoms with Crippen LogP contribution in [0.2, 0.25) is 0 Å². The van der Waals surface area contributed by atoms with Gasteiger partial charge in [-0.3, -0.25) is 9.11 Å². The third kappa shape index (κ3) is 118. The van der Waals surface area contributed by atoms with Crippen molar-refractivity contribution in [1.29, 1.82) is 0 Å². The number of hydrogen-bond donors (Lipinski definition) is 2. The zero-order valence-electron chi connectivity index (χ0n) is 6.62. The maximum Gasteiger partial charge on any atom is 4.00 e. The third-order valence-corrected chi connectivity index (χ3v) is 0. The van der Waals surface area contributed by atoms with Crippen molar-refractivity contribution in [3.8, 4) is 0 Å². The molecular formula is H6O4SZr. The second kappa shape index (κ2) is 2.85. The van der Waals surface area contributed by atoms with Gasteiger partial charge in [0, 0.05) is 0 Å². The number of rotatable bonds is 0. The van der Waals surface area contributed by atoms with Gasteiger partial charge in [-0.1, -0.05) is 0 Å². The standard InChI is InChI=1S/H2O4S.Zr.4H/c1-5(2,3)4;;;;;/h(H2,1,2,3,4);;;;;/q;+4;4*-1. The van der Waals surface area contributed by atoms with Crippen LogP contribution in [0.4, 0.5) is 0 Å². The summed E-state index contributed by atoms with van der Waals surface area (Å²) in [6.07, 6.45) is 0. The molecule has 0 heterocycles. The molecule has 0 aliphatic heterocycles. The van der Waals surface area contributed by atoms with Gasteiger partial charge in [-0.25, -0.2) is 0 Å². The van der Waals surface area contributed by atoms with E-state index in [4.69, 9.17) is 17.5 Å². The molecule has 0 atom stereocenters. The second-order valence-corrected chi connectivity index (χ2v) is 1.34. The van der Waals surface area contributed by atoms with E-state index < -0.39 is 10.4 Å². The molecule has 6 heteroatoms. The Bertz CT molecular complexity index is 100. The van der Waals surface area contributed by atoms with E-state index in [1.54, 1.807) is 0 Å². The van der Waals surface area contributed by atoms with E-state index >= 15 is 0 Å². The summed E-state index contributed by atoms with van der Waals surface area (Å²) >= 11 is 0. The SMILES string of the molecule is O=S(=O)(O)O.[H-].[H-].[H-].[H-].[Zr+4]. The first-order valence-electron chi connectivity index (χ1n) is 0.698. The molecule has 0 aromatic rings. The van der Waals surface area contributed by atoms with Crippen LogP contribution in [0.5, 0.6) is 0 Å². The topological polar surface area (TPSA) is 74.6 Å². The molecule has 0 rings (SSSR count). The van der Waals surface area contributed by atoms with Gasteiger partial charge in [0.1, 0.15) is 0 Å². The van der Waals surface area contributed by atoms with Gasteiger partial charge < -0.3 is 5.71 Å². The molecule has 2 N–H and O–H groups in total. The third-order valence-electron chi connectivity index (χ3n) is 0. The molecule has 6 heavy (non-hydrogen) atoms. The summed E-state index contributed by atoms with van der Waals surface area (Å²) in [6.45, 7) is 0. The van der Waals surface area contributed by atoms with Crippen LogP contribution in [0.15, 0.2) is 0 Å². The first kappa shape index (κ1) is 9.89. The van der Waals surface area contributed by atoms with Crippen LogP contribution in [0, 0.1) is 0 Å². The Morgan fingerprint density at radius 1 is 1.33 bits per heavy atom. The van der Waals surface area contributed by atoms with Crippen LogP contribution in [-0.2, 0) is 36.6 Å². The Morgan fingerprint density at radius 2 is 1.33 bits per heavy atom. The van der Waals surface area contributed by atoms with Gasteiger partial charge in [0.25, 0.3) is 0 Å². The van der Waals surface area contributed by atoms with Gasteiger partial charge in [0.15, 0.2) is 0 Å². The smallest absolute Gasteiger partial charge is 1.00 e. The molecule has 0 radical (unpaired) electrons. The Hall–Kier alpha value is 0.753. The van der Waals surface area contributed by atoms with E-state index in [0.717, 1.165) is 0 Å². The summed E-state index contributed by atoms with van der Waals surface area (Å²) in [4.78, 5) is 0. The van der Waals surface area contributed by atoms with E-state index in [-0.39, 0.29) is 31.9 Å². The van der Waals surface area contributed by atoms with Gasteiger partial charge in [-0.05, 0) is 0 Å². The van der Waals surface area contributed by atoms with Crippen LogP contribution < -0.4 is 0 Å². The van der Waals surface area contributed by atoms with Crippen molar-refractivity contribution in [2.24, 2.45) is 0 Å². The fourth-order valence-corrected chi connectivity index (χ4v) is 0. The molecule has 0 aliphatic carbocycles. The van der Waals surface area contributed by atoms with E-state index in [1.807, 2.05) is 0 Å². The first-order valence-corrected chi connectivity index (χ1v) is 2.10.